The van der Waals surface area contributed by atoms with Crippen molar-refractivity contribution in [3.8, 4) is 11.5 Å². The van der Waals surface area contributed by atoms with Crippen molar-refractivity contribution in [3.05, 3.63) is 58.7 Å². The molecule has 2 saturated heterocycles. The predicted octanol–water partition coefficient (Wildman–Crippen LogP) is 5.09. The molecule has 5 radical (unpaired) electrons. The van der Waals surface area contributed by atoms with Crippen molar-refractivity contribution < 1.29 is 23.4 Å². The van der Waals surface area contributed by atoms with Gasteiger partial charge in [-0.25, -0.2) is 0 Å². The van der Waals surface area contributed by atoms with Crippen LogP contribution >= 0.6 is 0 Å². The summed E-state index contributed by atoms with van der Waals surface area (Å²) in [5, 5.41) is 0. The van der Waals surface area contributed by atoms with Crippen LogP contribution in [0, 0.1) is 0 Å². The van der Waals surface area contributed by atoms with Crippen molar-refractivity contribution >= 4 is 20.0 Å². The highest BCUT2D eigenvalue weighted by Gasteiger charge is 2.28. The highest BCUT2D eigenvalue weighted by Crippen LogP contribution is 2.37. The van der Waals surface area contributed by atoms with Crippen LogP contribution in [0.5, 0.6) is 11.5 Å². The number of epoxide rings is 2. The Morgan fingerprint density at radius 3 is 1.89 bits per heavy atom. The Labute approximate surface area is 222 Å². The second-order valence-corrected chi connectivity index (χ2v) is 11.7. The molecule has 0 N–H and O–H groups in total. The molecule has 2 aliphatic rings. The van der Waals surface area contributed by atoms with Crippen LogP contribution in [0.4, 0.5) is 0 Å². The Morgan fingerprint density at radius 2 is 1.42 bits per heavy atom. The van der Waals surface area contributed by atoms with Gasteiger partial charge >= 0.3 is 0 Å². The van der Waals surface area contributed by atoms with Crippen molar-refractivity contribution in [2.45, 2.75) is 76.2 Å². The minimum Gasteiger partial charge on any atom is -0.491 e. The lowest BCUT2D eigenvalue weighted by molar-refractivity contribution is 0.260. The van der Waals surface area contributed by atoms with E-state index in [-0.39, 0.29) is 17.6 Å². The molecule has 4 rings (SSSR count). The number of aryl methyl sites for hydroxylation is 2. The highest BCUT2D eigenvalue weighted by atomic mass is 28.2. The monoisotopic (exact) mass is 523 g/mol. The fourth-order valence-electron chi connectivity index (χ4n) is 4.27. The van der Waals surface area contributed by atoms with Crippen LogP contribution in [0.15, 0.2) is 36.4 Å². The normalized spacial score (nSPS) is 18.8. The van der Waals surface area contributed by atoms with Gasteiger partial charge in [0.2, 0.25) is 9.76 Å². The van der Waals surface area contributed by atoms with Crippen LogP contribution in [0.25, 0.3) is 0 Å². The molecular formula is C29H39O5Si2. The zero-order valence-electron chi connectivity index (χ0n) is 21.9. The fraction of sp³-hybridized carbons (Fsp3) is 0.586. The number of ether oxygens (including phenoxy) is 4. The molecule has 2 unspecified atom stereocenters. The summed E-state index contributed by atoms with van der Waals surface area (Å²) in [6.45, 7) is 10.3. The molecule has 0 saturated carbocycles. The predicted molar refractivity (Wildman–Crippen MR) is 145 cm³/mol. The first-order valence-corrected chi connectivity index (χ1v) is 15.1. The zero-order chi connectivity index (χ0) is 25.4. The third kappa shape index (κ3) is 7.92. The molecule has 2 fully saturated rings. The summed E-state index contributed by atoms with van der Waals surface area (Å²) in [5.41, 5.74) is 4.98. The van der Waals surface area contributed by atoms with Crippen molar-refractivity contribution in [2.75, 3.05) is 33.0 Å². The van der Waals surface area contributed by atoms with Gasteiger partial charge in [0.1, 0.15) is 36.9 Å². The Morgan fingerprint density at radius 1 is 0.889 bits per heavy atom. The van der Waals surface area contributed by atoms with Crippen LogP contribution < -0.4 is 9.47 Å². The molecule has 0 bridgehead atoms. The second-order valence-electron chi connectivity index (χ2n) is 10.1. The number of rotatable bonds is 17. The third-order valence-corrected chi connectivity index (χ3v) is 8.22. The molecule has 193 valence electrons. The van der Waals surface area contributed by atoms with Gasteiger partial charge in [-0.3, -0.25) is 0 Å². The maximum absolute atomic E-state index is 6.16. The number of hydrogen-bond donors (Lipinski definition) is 0. The van der Waals surface area contributed by atoms with Crippen LogP contribution in [-0.2, 0) is 32.2 Å². The molecule has 2 atom stereocenters. The Bertz CT molecular complexity index is 972. The molecule has 5 nitrogen and oxygen atoms in total. The van der Waals surface area contributed by atoms with Gasteiger partial charge in [-0.1, -0.05) is 50.6 Å². The molecule has 2 aliphatic heterocycles. The van der Waals surface area contributed by atoms with Crippen LogP contribution in [-0.4, -0.2) is 65.2 Å². The van der Waals surface area contributed by atoms with Crippen LogP contribution in [0.3, 0.4) is 0 Å². The average Bonchev–Trinajstić information content (AvgIpc) is 3.81. The summed E-state index contributed by atoms with van der Waals surface area (Å²) in [5.74, 6) is 1.96. The standard InChI is InChI=1S/C29H39O5Si2/c1-4-34-36-14-6-8-22-16-24(10-12-28(22)33-20-26-18-31-26)29(2,3)23-9-11-27(32-19-25-17-30-25)21(15-23)7-5-13-35/h9-12,15-16,25-26H,4-8,13-14,17-20H2,1-3H3. The smallest absolute Gasteiger partial charge is 0.229 e. The van der Waals surface area contributed by atoms with E-state index in [9.17, 15) is 0 Å². The molecule has 7 heteroatoms. The minimum absolute atomic E-state index is 0.152. The van der Waals surface area contributed by atoms with E-state index in [0.717, 1.165) is 69.1 Å². The first kappa shape index (κ1) is 27.4. The van der Waals surface area contributed by atoms with Crippen molar-refractivity contribution in [2.24, 2.45) is 0 Å². The summed E-state index contributed by atoms with van der Waals surface area (Å²) in [6.07, 6.45) is 4.63. The van der Waals surface area contributed by atoms with E-state index in [1.165, 1.54) is 22.3 Å². The van der Waals surface area contributed by atoms with E-state index in [1.54, 1.807) is 0 Å². The molecule has 0 aromatic heterocycles. The summed E-state index contributed by atoms with van der Waals surface area (Å²) in [7, 11) is 4.20. The van der Waals surface area contributed by atoms with Crippen LogP contribution in [0.1, 0.15) is 55.9 Å². The van der Waals surface area contributed by atoms with Crippen molar-refractivity contribution in [1.82, 2.24) is 0 Å². The van der Waals surface area contributed by atoms with Gasteiger partial charge in [0, 0.05) is 22.3 Å². The molecule has 2 aromatic carbocycles. The fourth-order valence-corrected chi connectivity index (χ4v) is 5.12. The summed E-state index contributed by atoms with van der Waals surface area (Å²) >= 11 is 0. The first-order valence-electron chi connectivity index (χ1n) is 13.3. The van der Waals surface area contributed by atoms with Crippen molar-refractivity contribution in [3.63, 3.8) is 0 Å². The van der Waals surface area contributed by atoms with Crippen molar-refractivity contribution in [1.29, 1.82) is 0 Å². The highest BCUT2D eigenvalue weighted by molar-refractivity contribution is 6.26. The van der Waals surface area contributed by atoms with E-state index >= 15 is 0 Å². The van der Waals surface area contributed by atoms with Gasteiger partial charge in [0.05, 0.1) is 13.2 Å². The molecular weight excluding hydrogens is 484 g/mol. The van der Waals surface area contributed by atoms with E-state index in [2.05, 4.69) is 67.4 Å². The quantitative estimate of drug-likeness (QED) is 0.164. The maximum Gasteiger partial charge on any atom is 0.229 e. The molecule has 2 heterocycles. The van der Waals surface area contributed by atoms with Crippen LogP contribution in [0.2, 0.25) is 12.1 Å². The third-order valence-electron chi connectivity index (χ3n) is 6.81. The number of benzene rings is 2. The van der Waals surface area contributed by atoms with E-state index < -0.39 is 0 Å². The second kappa shape index (κ2) is 13.2. The zero-order valence-corrected chi connectivity index (χ0v) is 23.9. The maximum atomic E-state index is 6.16. The molecule has 0 aliphatic carbocycles. The Hall–Kier alpha value is -1.65. The average molecular weight is 524 g/mol. The van der Waals surface area contributed by atoms with Gasteiger partial charge < -0.3 is 23.4 Å². The summed E-state index contributed by atoms with van der Waals surface area (Å²) < 4.78 is 28.5. The molecule has 0 amide bonds. The number of hydrogen-bond acceptors (Lipinski definition) is 5. The van der Waals surface area contributed by atoms with E-state index in [1.807, 2.05) is 0 Å². The molecule has 2 aromatic rings. The van der Waals surface area contributed by atoms with E-state index in [0.29, 0.717) is 23.0 Å². The SMILES string of the molecule is CCO[Si]CCCc1cc(C(C)(C)c2ccc(OCC3CO3)c(CCC[Si])c2)ccc1OCC1CO1. The van der Waals surface area contributed by atoms with Gasteiger partial charge in [0.15, 0.2) is 0 Å². The van der Waals surface area contributed by atoms with Gasteiger partial charge in [0.25, 0.3) is 0 Å². The largest absolute Gasteiger partial charge is 0.491 e. The lowest BCUT2D eigenvalue weighted by Crippen LogP contribution is -2.20. The van der Waals surface area contributed by atoms with Gasteiger partial charge in [-0.05, 0) is 66.6 Å². The minimum atomic E-state index is -0.152. The topological polar surface area (TPSA) is 52.8 Å². The summed E-state index contributed by atoms with van der Waals surface area (Å²) in [4.78, 5) is 0. The molecule has 36 heavy (non-hydrogen) atoms. The Kier molecular flexibility index (Phi) is 10.1. The molecule has 0 spiro atoms. The van der Waals surface area contributed by atoms with Gasteiger partial charge in [-0.2, -0.15) is 0 Å². The summed E-state index contributed by atoms with van der Waals surface area (Å²) in [6, 6.07) is 15.5. The van der Waals surface area contributed by atoms with E-state index in [4.69, 9.17) is 23.4 Å². The lowest BCUT2D eigenvalue weighted by Gasteiger charge is -2.28. The Balaban J connectivity index is 1.53. The van der Waals surface area contributed by atoms with Gasteiger partial charge in [-0.15, -0.1) is 0 Å². The first-order chi connectivity index (χ1) is 17.5. The lowest BCUT2D eigenvalue weighted by atomic mass is 9.76.